The van der Waals surface area contributed by atoms with Crippen molar-refractivity contribution >= 4 is 5.82 Å². The Morgan fingerprint density at radius 2 is 2.00 bits per heavy atom. The molecule has 1 heterocycles. The molecule has 0 aromatic carbocycles. The van der Waals surface area contributed by atoms with Gasteiger partial charge in [0.25, 0.3) is 0 Å². The van der Waals surface area contributed by atoms with Gasteiger partial charge in [-0.15, -0.1) is 0 Å². The molecule has 0 spiro atoms. The summed E-state index contributed by atoms with van der Waals surface area (Å²) in [4.78, 5) is 8.98. The Bertz CT molecular complexity index is 420. The molecule has 0 amide bonds. The van der Waals surface area contributed by atoms with Crippen LogP contribution in [0.4, 0.5) is 5.82 Å². The van der Waals surface area contributed by atoms with E-state index in [1.54, 1.807) is 0 Å². The number of rotatable bonds is 4. The molecule has 4 nitrogen and oxygen atoms in total. The highest BCUT2D eigenvalue weighted by atomic mass is 16.3. The lowest BCUT2D eigenvalue weighted by Crippen LogP contribution is -2.31. The second-order valence-electron chi connectivity index (χ2n) is 5.91. The highest BCUT2D eigenvalue weighted by Gasteiger charge is 2.27. The largest absolute Gasteiger partial charge is 0.396 e. The molecule has 4 heteroatoms. The van der Waals surface area contributed by atoms with Crippen molar-refractivity contribution in [3.05, 3.63) is 18.1 Å². The van der Waals surface area contributed by atoms with Crippen molar-refractivity contribution in [3.8, 4) is 0 Å². The number of aliphatic hydroxyl groups is 1. The number of hydrogen-bond donors (Lipinski definition) is 2. The molecule has 1 aromatic rings. The van der Waals surface area contributed by atoms with Gasteiger partial charge in [-0.2, -0.15) is 0 Å². The van der Waals surface area contributed by atoms with Gasteiger partial charge in [0.2, 0.25) is 0 Å². The zero-order chi connectivity index (χ0) is 13.1. The predicted molar refractivity (Wildman–Crippen MR) is 75.1 cm³/mol. The molecule has 2 N–H and O–H groups in total. The topological polar surface area (TPSA) is 58.0 Å². The van der Waals surface area contributed by atoms with Crippen molar-refractivity contribution in [1.82, 2.24) is 9.97 Å². The lowest BCUT2D eigenvalue weighted by atomic mass is 9.96. The molecule has 2 aliphatic carbocycles. The summed E-state index contributed by atoms with van der Waals surface area (Å²) in [5, 5.41) is 13.1. The maximum absolute atomic E-state index is 9.54. The molecule has 0 bridgehead atoms. The second-order valence-corrected chi connectivity index (χ2v) is 5.91. The molecule has 0 unspecified atom stereocenters. The van der Waals surface area contributed by atoms with Gasteiger partial charge in [0, 0.05) is 30.7 Å². The fraction of sp³-hybridized carbons (Fsp3) is 0.733. The van der Waals surface area contributed by atoms with E-state index in [1.807, 2.05) is 12.3 Å². The van der Waals surface area contributed by atoms with Crippen LogP contribution in [0.3, 0.4) is 0 Å². The molecular formula is C15H23N3O. The standard InChI is InChI=1S/C15H23N3O/c19-10-12-4-2-1-3-5-13(12)17-14-8-9-16-15(18-14)11-6-7-11/h8-9,11-13,19H,1-7,10H2,(H,16,17,18)/t12-,13-/m0/s1. The summed E-state index contributed by atoms with van der Waals surface area (Å²) >= 11 is 0. The Balaban J connectivity index is 1.69. The highest BCUT2D eigenvalue weighted by molar-refractivity contribution is 5.35. The number of aliphatic hydroxyl groups excluding tert-OH is 1. The van der Waals surface area contributed by atoms with Crippen LogP contribution in [0.5, 0.6) is 0 Å². The van der Waals surface area contributed by atoms with E-state index in [2.05, 4.69) is 15.3 Å². The van der Waals surface area contributed by atoms with Crippen LogP contribution in [0.1, 0.15) is 56.7 Å². The molecule has 2 fully saturated rings. The van der Waals surface area contributed by atoms with Crippen LogP contribution in [0.2, 0.25) is 0 Å². The summed E-state index contributed by atoms with van der Waals surface area (Å²) in [6.45, 7) is 0.276. The number of anilines is 1. The number of hydrogen-bond acceptors (Lipinski definition) is 4. The second kappa shape index (κ2) is 5.87. The van der Waals surface area contributed by atoms with Gasteiger partial charge in [-0.25, -0.2) is 9.97 Å². The zero-order valence-electron chi connectivity index (χ0n) is 11.4. The van der Waals surface area contributed by atoms with Gasteiger partial charge in [0.15, 0.2) is 0 Å². The normalized spacial score (nSPS) is 27.8. The van der Waals surface area contributed by atoms with Crippen molar-refractivity contribution in [2.24, 2.45) is 5.92 Å². The summed E-state index contributed by atoms with van der Waals surface area (Å²) in [5.41, 5.74) is 0. The molecule has 0 aliphatic heterocycles. The molecule has 2 saturated carbocycles. The maximum Gasteiger partial charge on any atom is 0.133 e. The summed E-state index contributed by atoms with van der Waals surface area (Å²) in [7, 11) is 0. The Morgan fingerprint density at radius 1 is 1.16 bits per heavy atom. The monoisotopic (exact) mass is 261 g/mol. The van der Waals surface area contributed by atoms with Gasteiger partial charge >= 0.3 is 0 Å². The van der Waals surface area contributed by atoms with Gasteiger partial charge in [0.1, 0.15) is 11.6 Å². The zero-order valence-corrected chi connectivity index (χ0v) is 11.4. The van der Waals surface area contributed by atoms with E-state index in [9.17, 15) is 5.11 Å². The van der Waals surface area contributed by atoms with E-state index in [4.69, 9.17) is 0 Å². The molecule has 0 saturated heterocycles. The van der Waals surface area contributed by atoms with Crippen molar-refractivity contribution in [2.45, 2.75) is 56.9 Å². The average Bonchev–Trinajstić information content (AvgIpc) is 3.27. The van der Waals surface area contributed by atoms with E-state index < -0.39 is 0 Å². The first-order valence-corrected chi connectivity index (χ1v) is 7.57. The average molecular weight is 261 g/mol. The highest BCUT2D eigenvalue weighted by Crippen LogP contribution is 2.38. The van der Waals surface area contributed by atoms with Crippen LogP contribution in [-0.2, 0) is 0 Å². The summed E-state index contributed by atoms with van der Waals surface area (Å²) < 4.78 is 0. The van der Waals surface area contributed by atoms with Gasteiger partial charge in [-0.3, -0.25) is 0 Å². The summed E-state index contributed by atoms with van der Waals surface area (Å²) in [6.07, 6.45) is 10.3. The van der Waals surface area contributed by atoms with Crippen molar-refractivity contribution < 1.29 is 5.11 Å². The Morgan fingerprint density at radius 3 is 2.79 bits per heavy atom. The van der Waals surface area contributed by atoms with Crippen LogP contribution in [0, 0.1) is 5.92 Å². The molecule has 19 heavy (non-hydrogen) atoms. The quantitative estimate of drug-likeness (QED) is 0.818. The van der Waals surface area contributed by atoms with E-state index >= 15 is 0 Å². The van der Waals surface area contributed by atoms with Crippen molar-refractivity contribution in [3.63, 3.8) is 0 Å². The molecule has 0 radical (unpaired) electrons. The Kier molecular flexibility index (Phi) is 3.97. The van der Waals surface area contributed by atoms with E-state index in [1.165, 1.54) is 32.1 Å². The molecule has 2 atom stereocenters. The van der Waals surface area contributed by atoms with Gasteiger partial charge in [-0.05, 0) is 31.7 Å². The minimum absolute atomic E-state index is 0.276. The summed E-state index contributed by atoms with van der Waals surface area (Å²) in [6, 6.07) is 2.31. The SMILES string of the molecule is OC[C@@H]1CCCCC[C@@H]1Nc1ccnc(C2CC2)n1. The van der Waals surface area contributed by atoms with Crippen LogP contribution in [-0.4, -0.2) is 27.7 Å². The Labute approximate surface area is 114 Å². The first-order chi connectivity index (χ1) is 9.36. The molecule has 3 rings (SSSR count). The maximum atomic E-state index is 9.54. The first kappa shape index (κ1) is 12.9. The van der Waals surface area contributed by atoms with Crippen LogP contribution < -0.4 is 5.32 Å². The third kappa shape index (κ3) is 3.24. The smallest absolute Gasteiger partial charge is 0.133 e. The predicted octanol–water partition coefficient (Wildman–Crippen LogP) is 2.71. The van der Waals surface area contributed by atoms with E-state index in [0.717, 1.165) is 24.5 Å². The van der Waals surface area contributed by atoms with Crippen LogP contribution >= 0.6 is 0 Å². The van der Waals surface area contributed by atoms with Gasteiger partial charge in [0.05, 0.1) is 0 Å². The van der Waals surface area contributed by atoms with E-state index in [-0.39, 0.29) is 6.61 Å². The Hall–Kier alpha value is -1.16. The molecule has 1 aromatic heterocycles. The third-order valence-electron chi connectivity index (χ3n) is 4.34. The third-order valence-corrected chi connectivity index (χ3v) is 4.34. The van der Waals surface area contributed by atoms with Crippen LogP contribution in [0.15, 0.2) is 12.3 Å². The molecule has 104 valence electrons. The van der Waals surface area contributed by atoms with E-state index in [0.29, 0.717) is 17.9 Å². The fourth-order valence-electron chi connectivity index (χ4n) is 2.98. The fourth-order valence-corrected chi connectivity index (χ4v) is 2.98. The van der Waals surface area contributed by atoms with Gasteiger partial charge < -0.3 is 10.4 Å². The number of nitrogens with zero attached hydrogens (tertiary/aromatic N) is 2. The van der Waals surface area contributed by atoms with Crippen LogP contribution in [0.25, 0.3) is 0 Å². The minimum Gasteiger partial charge on any atom is -0.396 e. The summed E-state index contributed by atoms with van der Waals surface area (Å²) in [5.74, 6) is 2.87. The lowest BCUT2D eigenvalue weighted by Gasteiger charge is -2.25. The minimum atomic E-state index is 0.276. The number of aromatic nitrogens is 2. The lowest BCUT2D eigenvalue weighted by molar-refractivity contribution is 0.203. The van der Waals surface area contributed by atoms with Crippen molar-refractivity contribution in [1.29, 1.82) is 0 Å². The number of nitrogens with one attached hydrogen (secondary N) is 1. The molecular weight excluding hydrogens is 238 g/mol. The molecule has 2 aliphatic rings. The van der Waals surface area contributed by atoms with Gasteiger partial charge in [-0.1, -0.05) is 19.3 Å². The first-order valence-electron chi connectivity index (χ1n) is 7.57. The van der Waals surface area contributed by atoms with Crippen molar-refractivity contribution in [2.75, 3.05) is 11.9 Å².